The predicted octanol–water partition coefficient (Wildman–Crippen LogP) is 1.95. The van der Waals surface area contributed by atoms with Crippen LogP contribution in [0.3, 0.4) is 0 Å². The van der Waals surface area contributed by atoms with Gasteiger partial charge < -0.3 is 18.9 Å². The first kappa shape index (κ1) is 14.6. The van der Waals surface area contributed by atoms with Crippen LogP contribution < -0.4 is 5.30 Å². The Morgan fingerprint density at radius 1 is 0.882 bits per heavy atom. The van der Waals surface area contributed by atoms with Gasteiger partial charge in [0, 0.05) is 14.2 Å². The minimum Gasteiger partial charge on any atom is -0.359 e. The van der Waals surface area contributed by atoms with Gasteiger partial charge in [-0.15, -0.1) is 0 Å². The summed E-state index contributed by atoms with van der Waals surface area (Å²) in [5.41, 5.74) is 0. The van der Waals surface area contributed by atoms with Crippen molar-refractivity contribution in [2.75, 3.05) is 40.5 Å². The van der Waals surface area contributed by atoms with E-state index in [9.17, 15) is 0 Å². The molecule has 0 unspecified atom stereocenters. The Kier molecular flexibility index (Phi) is 8.14. The second-order valence-corrected chi connectivity index (χ2v) is 5.47. The first-order chi connectivity index (χ1) is 8.38. The van der Waals surface area contributed by atoms with E-state index in [1.54, 1.807) is 14.2 Å². The zero-order chi connectivity index (χ0) is 12.3. The highest BCUT2D eigenvalue weighted by Gasteiger charge is 2.11. The summed E-state index contributed by atoms with van der Waals surface area (Å²) in [6.45, 7) is 0.631. The molecule has 0 atom stereocenters. The van der Waals surface area contributed by atoms with Gasteiger partial charge >= 0.3 is 0 Å². The van der Waals surface area contributed by atoms with E-state index in [4.69, 9.17) is 18.9 Å². The lowest BCUT2D eigenvalue weighted by Gasteiger charge is -2.17. The van der Waals surface area contributed by atoms with Crippen LogP contribution in [0.4, 0.5) is 0 Å². The van der Waals surface area contributed by atoms with Crippen LogP contribution in [-0.2, 0) is 18.9 Å². The Labute approximate surface area is 104 Å². The number of hydrogen-bond donors (Lipinski definition) is 0. The van der Waals surface area contributed by atoms with Gasteiger partial charge in [-0.1, -0.05) is 30.3 Å². The molecule has 0 aliphatic heterocycles. The van der Waals surface area contributed by atoms with Crippen LogP contribution in [0.25, 0.3) is 0 Å². The summed E-state index contributed by atoms with van der Waals surface area (Å²) in [6.07, 6.45) is 1.27. The van der Waals surface area contributed by atoms with E-state index >= 15 is 0 Å². The van der Waals surface area contributed by atoms with Crippen LogP contribution >= 0.6 is 7.92 Å². The Hall–Kier alpha value is -0.510. The lowest BCUT2D eigenvalue weighted by Crippen LogP contribution is -2.11. The lowest BCUT2D eigenvalue weighted by molar-refractivity contribution is -0.0187. The highest BCUT2D eigenvalue weighted by molar-refractivity contribution is 7.65. The molecule has 1 aromatic carbocycles. The van der Waals surface area contributed by atoms with E-state index in [2.05, 4.69) is 12.1 Å². The first-order valence-electron chi connectivity index (χ1n) is 5.32. The first-order valence-corrected chi connectivity index (χ1v) is 7.03. The molecule has 0 aliphatic carbocycles. The quantitative estimate of drug-likeness (QED) is 0.385. The van der Waals surface area contributed by atoms with E-state index in [1.807, 2.05) is 18.2 Å². The maximum atomic E-state index is 5.42. The molecule has 5 heteroatoms. The third-order valence-corrected chi connectivity index (χ3v) is 4.03. The number of ether oxygens (including phenoxy) is 4. The predicted molar refractivity (Wildman–Crippen MR) is 68.7 cm³/mol. The van der Waals surface area contributed by atoms with Crippen molar-refractivity contribution in [3.63, 3.8) is 0 Å². The van der Waals surface area contributed by atoms with Gasteiger partial charge in [0.15, 0.2) is 0 Å². The minimum absolute atomic E-state index is 0.315. The van der Waals surface area contributed by atoms with Crippen LogP contribution in [0.1, 0.15) is 0 Å². The van der Waals surface area contributed by atoms with Crippen LogP contribution in [0.5, 0.6) is 0 Å². The fourth-order valence-corrected chi connectivity index (χ4v) is 2.84. The summed E-state index contributed by atoms with van der Waals surface area (Å²) in [4.78, 5) is 0. The Balaban J connectivity index is 2.46. The zero-order valence-corrected chi connectivity index (χ0v) is 11.2. The summed E-state index contributed by atoms with van der Waals surface area (Å²) in [5.74, 6) is 0. The number of benzene rings is 1. The maximum Gasteiger partial charge on any atom is 0.146 e. The van der Waals surface area contributed by atoms with Crippen molar-refractivity contribution >= 4 is 13.2 Å². The van der Waals surface area contributed by atoms with Crippen molar-refractivity contribution in [1.29, 1.82) is 0 Å². The van der Waals surface area contributed by atoms with Crippen LogP contribution in [0, 0.1) is 0 Å². The van der Waals surface area contributed by atoms with Crippen LogP contribution in [0.15, 0.2) is 30.3 Å². The molecular weight excluding hydrogens is 239 g/mol. The SMILES string of the molecule is COCOCP(COCOC)c1ccccc1. The van der Waals surface area contributed by atoms with E-state index in [-0.39, 0.29) is 0 Å². The molecular formula is C12H19O4P. The second-order valence-electron chi connectivity index (χ2n) is 3.35. The van der Waals surface area contributed by atoms with Gasteiger partial charge in [0.05, 0.1) is 12.7 Å². The van der Waals surface area contributed by atoms with Gasteiger partial charge in [-0.2, -0.15) is 0 Å². The fraction of sp³-hybridized carbons (Fsp3) is 0.500. The fourth-order valence-electron chi connectivity index (χ4n) is 1.29. The Morgan fingerprint density at radius 3 is 1.88 bits per heavy atom. The van der Waals surface area contributed by atoms with E-state index < -0.39 is 7.92 Å². The molecule has 96 valence electrons. The van der Waals surface area contributed by atoms with Crippen molar-refractivity contribution in [1.82, 2.24) is 0 Å². The van der Waals surface area contributed by atoms with Crippen molar-refractivity contribution in [2.24, 2.45) is 0 Å². The molecule has 0 aromatic heterocycles. The molecule has 4 nitrogen and oxygen atoms in total. The van der Waals surface area contributed by atoms with Crippen LogP contribution in [-0.4, -0.2) is 40.5 Å². The molecule has 0 N–H and O–H groups in total. The molecule has 1 aromatic rings. The molecule has 1 rings (SSSR count). The standard InChI is InChI=1S/C12H19O4P/c1-13-8-15-10-17(11-16-9-14-2)12-6-4-3-5-7-12/h3-7H,8-11H2,1-2H3. The zero-order valence-electron chi connectivity index (χ0n) is 10.3. The van der Waals surface area contributed by atoms with Crippen molar-refractivity contribution in [3.8, 4) is 0 Å². The third-order valence-electron chi connectivity index (χ3n) is 2.02. The average Bonchev–Trinajstić information content (AvgIpc) is 2.38. The second kappa shape index (κ2) is 9.51. The molecule has 0 saturated heterocycles. The molecule has 0 spiro atoms. The molecule has 0 fully saturated rings. The Bertz CT molecular complexity index is 271. The van der Waals surface area contributed by atoms with Crippen molar-refractivity contribution in [2.45, 2.75) is 0 Å². The van der Waals surface area contributed by atoms with E-state index in [0.29, 0.717) is 26.3 Å². The van der Waals surface area contributed by atoms with Gasteiger partial charge in [0.25, 0.3) is 0 Å². The Morgan fingerprint density at radius 2 is 1.41 bits per heavy atom. The summed E-state index contributed by atoms with van der Waals surface area (Å²) in [7, 11) is 2.75. The molecule has 0 radical (unpaired) electrons. The average molecular weight is 258 g/mol. The number of rotatable bonds is 9. The smallest absolute Gasteiger partial charge is 0.146 e. The molecule has 0 heterocycles. The van der Waals surface area contributed by atoms with Crippen molar-refractivity contribution < 1.29 is 18.9 Å². The van der Waals surface area contributed by atoms with Gasteiger partial charge in [-0.3, -0.25) is 0 Å². The summed E-state index contributed by atoms with van der Waals surface area (Å²) < 4.78 is 20.6. The number of hydrogen-bond acceptors (Lipinski definition) is 4. The molecule has 0 saturated carbocycles. The van der Waals surface area contributed by atoms with Gasteiger partial charge in [0.1, 0.15) is 13.6 Å². The molecule has 0 aliphatic rings. The largest absolute Gasteiger partial charge is 0.359 e. The monoisotopic (exact) mass is 258 g/mol. The molecule has 0 amide bonds. The molecule has 0 bridgehead atoms. The van der Waals surface area contributed by atoms with E-state index in [1.165, 1.54) is 5.30 Å². The normalized spacial score (nSPS) is 11.0. The third kappa shape index (κ3) is 6.10. The number of methoxy groups -OCH3 is 2. The van der Waals surface area contributed by atoms with E-state index in [0.717, 1.165) is 0 Å². The van der Waals surface area contributed by atoms with Crippen molar-refractivity contribution in [3.05, 3.63) is 30.3 Å². The highest BCUT2D eigenvalue weighted by atomic mass is 31.1. The summed E-state index contributed by atoms with van der Waals surface area (Å²) >= 11 is 0. The maximum absolute atomic E-state index is 5.42. The minimum atomic E-state index is -0.483. The van der Waals surface area contributed by atoms with Gasteiger partial charge in [0.2, 0.25) is 0 Å². The van der Waals surface area contributed by atoms with Gasteiger partial charge in [-0.05, 0) is 13.2 Å². The lowest BCUT2D eigenvalue weighted by atomic mass is 10.4. The highest BCUT2D eigenvalue weighted by Crippen LogP contribution is 2.34. The van der Waals surface area contributed by atoms with Crippen LogP contribution in [0.2, 0.25) is 0 Å². The van der Waals surface area contributed by atoms with Gasteiger partial charge in [-0.25, -0.2) is 0 Å². The summed E-state index contributed by atoms with van der Waals surface area (Å²) in [6, 6.07) is 10.2. The topological polar surface area (TPSA) is 36.9 Å². The molecule has 17 heavy (non-hydrogen) atoms. The summed E-state index contributed by atoms with van der Waals surface area (Å²) in [5, 5.41) is 1.26.